The van der Waals surface area contributed by atoms with E-state index in [1.807, 2.05) is 0 Å². The molecule has 3 aliphatic rings. The molecule has 2 bridgehead atoms. The molecule has 1 saturated heterocycles. The normalized spacial score (nSPS) is 37.8. The predicted molar refractivity (Wildman–Crippen MR) is 75.5 cm³/mol. The van der Waals surface area contributed by atoms with Crippen LogP contribution in [0.1, 0.15) is 57.8 Å². The third kappa shape index (κ3) is 3.17. The first-order chi connectivity index (χ1) is 8.92. The summed E-state index contributed by atoms with van der Waals surface area (Å²) >= 11 is 0. The van der Waals surface area contributed by atoms with Crippen LogP contribution in [-0.4, -0.2) is 13.2 Å². The van der Waals surface area contributed by atoms with Crippen molar-refractivity contribution in [2.45, 2.75) is 57.8 Å². The van der Waals surface area contributed by atoms with Gasteiger partial charge in [0.15, 0.2) is 0 Å². The van der Waals surface area contributed by atoms with E-state index in [9.17, 15) is 0 Å². The second kappa shape index (κ2) is 6.23. The SMILES string of the molecule is C1=CC2CC1CC2CCCCCCC1CCOC1. The molecular formula is C17H28O. The van der Waals surface area contributed by atoms with E-state index in [4.69, 9.17) is 4.74 Å². The molecule has 0 spiro atoms. The van der Waals surface area contributed by atoms with Gasteiger partial charge in [-0.2, -0.15) is 0 Å². The molecule has 18 heavy (non-hydrogen) atoms. The molecule has 1 heteroatoms. The molecule has 1 nitrogen and oxygen atoms in total. The van der Waals surface area contributed by atoms with Crippen LogP contribution in [0.25, 0.3) is 0 Å². The summed E-state index contributed by atoms with van der Waals surface area (Å²) in [4.78, 5) is 0. The lowest BCUT2D eigenvalue weighted by molar-refractivity contribution is 0.183. The van der Waals surface area contributed by atoms with Crippen LogP contribution >= 0.6 is 0 Å². The molecule has 1 saturated carbocycles. The van der Waals surface area contributed by atoms with E-state index < -0.39 is 0 Å². The quantitative estimate of drug-likeness (QED) is 0.473. The molecule has 0 aromatic rings. The fraction of sp³-hybridized carbons (Fsp3) is 0.882. The average Bonchev–Trinajstić information content (AvgIpc) is 3.10. The highest BCUT2D eigenvalue weighted by Gasteiger charge is 2.34. The maximum absolute atomic E-state index is 5.42. The third-order valence-electron chi connectivity index (χ3n) is 5.38. The molecule has 2 fully saturated rings. The molecular weight excluding hydrogens is 220 g/mol. The molecule has 1 aliphatic heterocycles. The summed E-state index contributed by atoms with van der Waals surface area (Å²) in [5.41, 5.74) is 0. The van der Waals surface area contributed by atoms with E-state index in [0.29, 0.717) is 0 Å². The van der Waals surface area contributed by atoms with Crippen molar-refractivity contribution in [1.29, 1.82) is 0 Å². The predicted octanol–water partition coefficient (Wildman–Crippen LogP) is 4.58. The van der Waals surface area contributed by atoms with Gasteiger partial charge < -0.3 is 4.74 Å². The van der Waals surface area contributed by atoms with Crippen LogP contribution in [0.4, 0.5) is 0 Å². The highest BCUT2D eigenvalue weighted by molar-refractivity contribution is 5.09. The summed E-state index contributed by atoms with van der Waals surface area (Å²) in [6.07, 6.45) is 18.0. The summed E-state index contributed by atoms with van der Waals surface area (Å²) in [5, 5.41) is 0. The van der Waals surface area contributed by atoms with Crippen molar-refractivity contribution < 1.29 is 4.74 Å². The van der Waals surface area contributed by atoms with Gasteiger partial charge in [0, 0.05) is 13.2 Å². The minimum atomic E-state index is 0.890. The second-order valence-electron chi connectivity index (χ2n) is 6.76. The zero-order chi connectivity index (χ0) is 12.2. The Morgan fingerprint density at radius 1 is 0.944 bits per heavy atom. The van der Waals surface area contributed by atoms with Gasteiger partial charge in [-0.1, -0.05) is 37.8 Å². The number of rotatable bonds is 7. The van der Waals surface area contributed by atoms with Gasteiger partial charge in [-0.05, 0) is 55.8 Å². The maximum Gasteiger partial charge on any atom is 0.0495 e. The maximum atomic E-state index is 5.42. The van der Waals surface area contributed by atoms with Crippen LogP contribution < -0.4 is 0 Å². The van der Waals surface area contributed by atoms with Crippen molar-refractivity contribution in [3.05, 3.63) is 12.2 Å². The highest BCUT2D eigenvalue weighted by atomic mass is 16.5. The van der Waals surface area contributed by atoms with Crippen LogP contribution in [0.2, 0.25) is 0 Å². The van der Waals surface area contributed by atoms with Gasteiger partial charge in [0.2, 0.25) is 0 Å². The standard InChI is InChI=1S/C17H28O/c1(3-5-14-9-10-18-13-14)2-4-6-16-11-15-7-8-17(16)12-15/h7-8,14-17H,1-6,9-13H2. The van der Waals surface area contributed by atoms with Crippen molar-refractivity contribution in [2.75, 3.05) is 13.2 Å². The lowest BCUT2D eigenvalue weighted by Crippen LogP contribution is -2.06. The van der Waals surface area contributed by atoms with Gasteiger partial charge in [-0.15, -0.1) is 0 Å². The van der Waals surface area contributed by atoms with Gasteiger partial charge in [0.25, 0.3) is 0 Å². The number of unbranched alkanes of at least 4 members (excludes halogenated alkanes) is 3. The average molecular weight is 248 g/mol. The Balaban J connectivity index is 1.20. The fourth-order valence-corrected chi connectivity index (χ4v) is 4.23. The highest BCUT2D eigenvalue weighted by Crippen LogP contribution is 2.45. The van der Waals surface area contributed by atoms with Crippen LogP contribution in [0.3, 0.4) is 0 Å². The van der Waals surface area contributed by atoms with Crippen molar-refractivity contribution in [3.63, 3.8) is 0 Å². The minimum absolute atomic E-state index is 0.890. The largest absolute Gasteiger partial charge is 0.381 e. The zero-order valence-electron chi connectivity index (χ0n) is 11.7. The van der Waals surface area contributed by atoms with Gasteiger partial charge in [0.05, 0.1) is 0 Å². The zero-order valence-corrected chi connectivity index (χ0v) is 11.7. The minimum Gasteiger partial charge on any atom is -0.381 e. The number of hydrogen-bond donors (Lipinski definition) is 0. The Bertz CT molecular complexity index is 277. The van der Waals surface area contributed by atoms with Crippen molar-refractivity contribution in [2.24, 2.45) is 23.7 Å². The molecule has 0 N–H and O–H groups in total. The van der Waals surface area contributed by atoms with E-state index >= 15 is 0 Å². The topological polar surface area (TPSA) is 9.23 Å². The Hall–Kier alpha value is -0.300. The Morgan fingerprint density at radius 2 is 1.83 bits per heavy atom. The molecule has 0 aromatic carbocycles. The molecule has 4 atom stereocenters. The van der Waals surface area contributed by atoms with E-state index in [0.717, 1.165) is 36.9 Å². The van der Waals surface area contributed by atoms with Crippen LogP contribution in [0.15, 0.2) is 12.2 Å². The van der Waals surface area contributed by atoms with E-state index in [1.54, 1.807) is 0 Å². The molecule has 102 valence electrons. The second-order valence-corrected chi connectivity index (χ2v) is 6.76. The monoisotopic (exact) mass is 248 g/mol. The number of ether oxygens (including phenoxy) is 1. The van der Waals surface area contributed by atoms with E-state index in [2.05, 4.69) is 12.2 Å². The van der Waals surface area contributed by atoms with Gasteiger partial charge in [0.1, 0.15) is 0 Å². The summed E-state index contributed by atoms with van der Waals surface area (Å²) in [6.45, 7) is 2.06. The number of hydrogen-bond acceptors (Lipinski definition) is 1. The Morgan fingerprint density at radius 3 is 2.50 bits per heavy atom. The van der Waals surface area contributed by atoms with Crippen molar-refractivity contribution in [1.82, 2.24) is 0 Å². The molecule has 2 aliphatic carbocycles. The molecule has 0 aromatic heterocycles. The van der Waals surface area contributed by atoms with Crippen LogP contribution in [0, 0.1) is 23.7 Å². The lowest BCUT2D eigenvalue weighted by Gasteiger charge is -2.17. The Labute approximate surface area is 112 Å². The molecule has 0 radical (unpaired) electrons. The van der Waals surface area contributed by atoms with Crippen molar-refractivity contribution >= 4 is 0 Å². The first-order valence-corrected chi connectivity index (χ1v) is 8.18. The summed E-state index contributed by atoms with van der Waals surface area (Å²) in [7, 11) is 0. The third-order valence-corrected chi connectivity index (χ3v) is 5.38. The Kier molecular flexibility index (Phi) is 4.40. The van der Waals surface area contributed by atoms with Gasteiger partial charge in [-0.25, -0.2) is 0 Å². The smallest absolute Gasteiger partial charge is 0.0495 e. The van der Waals surface area contributed by atoms with Gasteiger partial charge in [-0.3, -0.25) is 0 Å². The first kappa shape index (κ1) is 12.7. The molecule has 0 amide bonds. The lowest BCUT2D eigenvalue weighted by atomic mass is 9.88. The van der Waals surface area contributed by atoms with Crippen LogP contribution in [0.5, 0.6) is 0 Å². The molecule has 3 rings (SSSR count). The first-order valence-electron chi connectivity index (χ1n) is 8.18. The molecule has 1 heterocycles. The summed E-state index contributed by atoms with van der Waals surface area (Å²) in [6, 6.07) is 0. The van der Waals surface area contributed by atoms with E-state index in [-0.39, 0.29) is 0 Å². The summed E-state index contributed by atoms with van der Waals surface area (Å²) < 4.78 is 5.42. The number of allylic oxidation sites excluding steroid dienone is 2. The van der Waals surface area contributed by atoms with E-state index in [1.165, 1.54) is 57.8 Å². The van der Waals surface area contributed by atoms with Gasteiger partial charge >= 0.3 is 0 Å². The van der Waals surface area contributed by atoms with Crippen LogP contribution in [-0.2, 0) is 4.74 Å². The molecule has 4 unspecified atom stereocenters. The van der Waals surface area contributed by atoms with Crippen molar-refractivity contribution in [3.8, 4) is 0 Å². The fourth-order valence-electron chi connectivity index (χ4n) is 4.23. The summed E-state index contributed by atoms with van der Waals surface area (Å²) in [5.74, 6) is 3.86. The number of fused-ring (bicyclic) bond motifs is 2.